The molecule has 0 aromatic rings. The lowest BCUT2D eigenvalue weighted by Crippen LogP contribution is -2.69. The molecule has 2 atom stereocenters. The number of nitrogens with zero attached hydrogens (tertiary/aromatic N) is 2. The number of carboxylic acid groups (broad SMARTS) is 1. The Bertz CT molecular complexity index is 421. The minimum atomic E-state index is -1.24. The summed E-state index contributed by atoms with van der Waals surface area (Å²) in [5.41, 5.74) is 5.49. The van der Waals surface area contributed by atoms with E-state index in [0.29, 0.717) is 12.8 Å². The van der Waals surface area contributed by atoms with Crippen molar-refractivity contribution in [2.45, 2.75) is 24.9 Å². The van der Waals surface area contributed by atoms with Crippen molar-refractivity contribution in [3.05, 3.63) is 11.3 Å². The molecule has 3 N–H and O–H groups in total. The van der Waals surface area contributed by atoms with Gasteiger partial charge in [0.25, 0.3) is 0 Å². The van der Waals surface area contributed by atoms with E-state index in [-0.39, 0.29) is 17.3 Å². The molecular weight excluding hydrogens is 198 g/mol. The molecule has 0 bridgehead atoms. The second-order valence-electron chi connectivity index (χ2n) is 3.58. The first-order valence-electron chi connectivity index (χ1n) is 4.53. The molecule has 15 heavy (non-hydrogen) atoms. The highest BCUT2D eigenvalue weighted by atomic mass is 16.4. The molecule has 0 radical (unpaired) electrons. The lowest BCUT2D eigenvalue weighted by atomic mass is 9.84. The number of nitriles is 1. The van der Waals surface area contributed by atoms with Crippen LogP contribution in [0.3, 0.4) is 0 Å². The van der Waals surface area contributed by atoms with E-state index in [9.17, 15) is 9.59 Å². The zero-order chi connectivity index (χ0) is 11.2. The summed E-state index contributed by atoms with van der Waals surface area (Å²) < 4.78 is 0. The third-order valence-electron chi connectivity index (χ3n) is 2.82. The van der Waals surface area contributed by atoms with Crippen molar-refractivity contribution in [3.8, 4) is 6.07 Å². The maximum atomic E-state index is 11.4. The molecule has 0 aliphatic carbocycles. The molecule has 78 valence electrons. The number of allylic oxidation sites excluding steroid dienone is 1. The number of rotatable bonds is 1. The first kappa shape index (κ1) is 9.68. The van der Waals surface area contributed by atoms with Gasteiger partial charge in [0.05, 0.1) is 17.7 Å². The van der Waals surface area contributed by atoms with Gasteiger partial charge in [0.15, 0.2) is 0 Å². The van der Waals surface area contributed by atoms with Crippen LogP contribution in [0.4, 0.5) is 0 Å². The molecule has 0 aromatic heterocycles. The predicted molar refractivity (Wildman–Crippen MR) is 48.1 cm³/mol. The average molecular weight is 207 g/mol. The number of carboxylic acids is 1. The van der Waals surface area contributed by atoms with E-state index in [1.807, 2.05) is 6.07 Å². The molecule has 6 nitrogen and oxygen atoms in total. The van der Waals surface area contributed by atoms with Crippen LogP contribution in [0.25, 0.3) is 0 Å². The number of amides is 1. The Hall–Kier alpha value is -1.87. The fourth-order valence-corrected chi connectivity index (χ4v) is 2.05. The van der Waals surface area contributed by atoms with Gasteiger partial charge in [-0.1, -0.05) is 0 Å². The molecule has 0 saturated carbocycles. The van der Waals surface area contributed by atoms with Gasteiger partial charge in [0, 0.05) is 0 Å². The van der Waals surface area contributed by atoms with Gasteiger partial charge in [-0.05, 0) is 12.8 Å². The Morgan fingerprint density at radius 1 is 1.67 bits per heavy atom. The quantitative estimate of drug-likeness (QED) is 0.546. The molecule has 2 aliphatic rings. The van der Waals surface area contributed by atoms with Crippen molar-refractivity contribution >= 4 is 11.9 Å². The van der Waals surface area contributed by atoms with Gasteiger partial charge < -0.3 is 10.8 Å². The summed E-state index contributed by atoms with van der Waals surface area (Å²) in [5, 5.41) is 17.7. The van der Waals surface area contributed by atoms with Crippen LogP contribution in [0, 0.1) is 11.3 Å². The maximum Gasteiger partial charge on any atom is 0.353 e. The Morgan fingerprint density at radius 3 is 2.87 bits per heavy atom. The fraction of sp³-hybridized carbons (Fsp3) is 0.444. The zero-order valence-electron chi connectivity index (χ0n) is 7.80. The highest BCUT2D eigenvalue weighted by molar-refractivity contribution is 6.00. The summed E-state index contributed by atoms with van der Waals surface area (Å²) in [6.07, 6.45) is 0.937. The van der Waals surface area contributed by atoms with E-state index in [1.165, 1.54) is 0 Å². The number of aliphatic carboxylic acids is 1. The average Bonchev–Trinajstić information content (AvgIpc) is 2.25. The molecule has 6 heteroatoms. The van der Waals surface area contributed by atoms with Crippen LogP contribution in [-0.2, 0) is 9.59 Å². The Kier molecular flexibility index (Phi) is 1.98. The second-order valence-corrected chi connectivity index (χ2v) is 3.58. The molecule has 2 heterocycles. The largest absolute Gasteiger partial charge is 0.477 e. The molecule has 1 fully saturated rings. The van der Waals surface area contributed by atoms with Crippen LogP contribution in [0.5, 0.6) is 0 Å². The standard InChI is InChI=1S/C9H9N3O3/c10-3-4-1-2-5-6(11)8(13)12(5)7(4)9(14)15/h5-6H,1-2,11H2,(H,14,15)/t5-,6+/m1/s1. The van der Waals surface area contributed by atoms with Crippen molar-refractivity contribution in [1.29, 1.82) is 5.26 Å². The maximum absolute atomic E-state index is 11.4. The molecule has 0 aromatic carbocycles. The molecule has 0 unspecified atom stereocenters. The van der Waals surface area contributed by atoms with E-state index in [0.717, 1.165) is 4.90 Å². The topological polar surface area (TPSA) is 107 Å². The van der Waals surface area contributed by atoms with Crippen LogP contribution in [0.2, 0.25) is 0 Å². The van der Waals surface area contributed by atoms with Crippen molar-refractivity contribution in [1.82, 2.24) is 4.90 Å². The lowest BCUT2D eigenvalue weighted by molar-refractivity contribution is -0.152. The van der Waals surface area contributed by atoms with Crippen molar-refractivity contribution in [2.75, 3.05) is 0 Å². The van der Waals surface area contributed by atoms with E-state index in [1.54, 1.807) is 0 Å². The van der Waals surface area contributed by atoms with Crippen LogP contribution >= 0.6 is 0 Å². The molecular formula is C9H9N3O3. The normalized spacial score (nSPS) is 29.3. The van der Waals surface area contributed by atoms with E-state index < -0.39 is 17.9 Å². The Balaban J connectivity index is 2.43. The van der Waals surface area contributed by atoms with Gasteiger partial charge >= 0.3 is 5.97 Å². The summed E-state index contributed by atoms with van der Waals surface area (Å²) in [6, 6.07) is 0.959. The fourth-order valence-electron chi connectivity index (χ4n) is 2.05. The predicted octanol–water partition coefficient (Wildman–Crippen LogP) is -0.819. The summed E-state index contributed by atoms with van der Waals surface area (Å²) in [4.78, 5) is 23.4. The highest BCUT2D eigenvalue weighted by Gasteiger charge is 2.51. The molecule has 0 spiro atoms. The zero-order valence-corrected chi connectivity index (χ0v) is 7.80. The van der Waals surface area contributed by atoms with Crippen LogP contribution in [-0.4, -0.2) is 34.0 Å². The second kappa shape index (κ2) is 3.07. The minimum Gasteiger partial charge on any atom is -0.477 e. The Morgan fingerprint density at radius 2 is 2.33 bits per heavy atom. The Labute approximate surface area is 85.6 Å². The molecule has 2 aliphatic heterocycles. The van der Waals surface area contributed by atoms with Crippen molar-refractivity contribution in [3.63, 3.8) is 0 Å². The first-order valence-corrected chi connectivity index (χ1v) is 4.53. The summed E-state index contributed by atoms with van der Waals surface area (Å²) in [7, 11) is 0. The first-order chi connectivity index (χ1) is 7.07. The summed E-state index contributed by atoms with van der Waals surface area (Å²) in [6.45, 7) is 0. The number of carbonyl (C=O) groups excluding carboxylic acids is 1. The summed E-state index contributed by atoms with van der Waals surface area (Å²) >= 11 is 0. The van der Waals surface area contributed by atoms with Gasteiger partial charge in [-0.25, -0.2) is 4.79 Å². The monoisotopic (exact) mass is 207 g/mol. The number of fused-ring (bicyclic) bond motifs is 1. The summed E-state index contributed by atoms with van der Waals surface area (Å²) in [5.74, 6) is -1.65. The van der Waals surface area contributed by atoms with Gasteiger partial charge in [0.2, 0.25) is 5.91 Å². The van der Waals surface area contributed by atoms with Crippen LogP contribution in [0.1, 0.15) is 12.8 Å². The van der Waals surface area contributed by atoms with Gasteiger partial charge in [-0.3, -0.25) is 9.69 Å². The van der Waals surface area contributed by atoms with E-state index >= 15 is 0 Å². The van der Waals surface area contributed by atoms with Crippen molar-refractivity contribution in [2.24, 2.45) is 5.73 Å². The highest BCUT2D eigenvalue weighted by Crippen LogP contribution is 2.35. The van der Waals surface area contributed by atoms with Crippen LogP contribution in [0.15, 0.2) is 11.3 Å². The number of β-lactam (4-membered cyclic amide) rings is 1. The van der Waals surface area contributed by atoms with Gasteiger partial charge in [-0.2, -0.15) is 5.26 Å². The smallest absolute Gasteiger partial charge is 0.353 e. The minimum absolute atomic E-state index is 0.152. The number of hydrogen-bond donors (Lipinski definition) is 2. The van der Waals surface area contributed by atoms with E-state index in [2.05, 4.69) is 0 Å². The molecule has 1 saturated heterocycles. The number of carbonyl (C=O) groups is 2. The van der Waals surface area contributed by atoms with Gasteiger partial charge in [-0.15, -0.1) is 0 Å². The molecule has 1 amide bonds. The van der Waals surface area contributed by atoms with Gasteiger partial charge in [0.1, 0.15) is 11.7 Å². The third kappa shape index (κ3) is 1.13. The SMILES string of the molecule is N#CC1=C(C(=O)O)N2C(=O)[C@@H](N)[C@H]2CC1. The van der Waals surface area contributed by atoms with E-state index in [4.69, 9.17) is 16.1 Å². The third-order valence-corrected chi connectivity index (χ3v) is 2.82. The van der Waals surface area contributed by atoms with Crippen LogP contribution < -0.4 is 5.73 Å². The lowest BCUT2D eigenvalue weighted by Gasteiger charge is -2.47. The molecule has 2 rings (SSSR count). The number of nitrogens with two attached hydrogens (primary N) is 1. The van der Waals surface area contributed by atoms with Crippen molar-refractivity contribution < 1.29 is 14.7 Å². The number of hydrogen-bond acceptors (Lipinski definition) is 4.